The summed E-state index contributed by atoms with van der Waals surface area (Å²) in [7, 11) is -0.380. The fourth-order valence-corrected chi connectivity index (χ4v) is 6.56. The van der Waals surface area contributed by atoms with Gasteiger partial charge in [0.25, 0.3) is 0 Å². The van der Waals surface area contributed by atoms with E-state index in [-0.39, 0.29) is 27.3 Å². The summed E-state index contributed by atoms with van der Waals surface area (Å²) in [5.41, 5.74) is 0.0777. The minimum atomic E-state index is -0.380. The van der Waals surface area contributed by atoms with Crippen LogP contribution in [0.2, 0.25) is 6.04 Å². The maximum Gasteiger partial charge on any atom is 0.305 e. The second kappa shape index (κ2) is 25.1. The van der Waals surface area contributed by atoms with E-state index in [0.29, 0.717) is 38.9 Å². The lowest BCUT2D eigenvalue weighted by atomic mass is 9.99. The summed E-state index contributed by atoms with van der Waals surface area (Å²) >= 11 is 0. The van der Waals surface area contributed by atoms with Crippen LogP contribution < -0.4 is 0 Å². The van der Waals surface area contributed by atoms with E-state index in [1.165, 1.54) is 109 Å². The topological polar surface area (TPSA) is 61.8 Å². The molecule has 0 aliphatic carbocycles. The number of hydrogen-bond donors (Lipinski definition) is 0. The quantitative estimate of drug-likeness (QED) is 0.221. The van der Waals surface area contributed by atoms with Crippen LogP contribution in [0.15, 0.2) is 0 Å². The van der Waals surface area contributed by atoms with E-state index < -0.39 is 0 Å². The van der Waals surface area contributed by atoms with Crippen LogP contribution in [0.5, 0.6) is 0 Å². The van der Waals surface area contributed by atoms with Crippen LogP contribution in [0.3, 0.4) is 0 Å². The lowest BCUT2D eigenvalue weighted by Gasteiger charge is -2.26. The molecular formula is C32H62O5Si. The van der Waals surface area contributed by atoms with E-state index in [2.05, 4.69) is 13.8 Å². The van der Waals surface area contributed by atoms with Crippen molar-refractivity contribution in [1.82, 2.24) is 0 Å². The first-order valence-electron chi connectivity index (χ1n) is 16.4. The molecule has 0 bridgehead atoms. The van der Waals surface area contributed by atoms with Crippen LogP contribution in [0.1, 0.15) is 168 Å². The van der Waals surface area contributed by atoms with Crippen LogP contribution in [-0.2, 0) is 23.5 Å². The van der Waals surface area contributed by atoms with Crippen LogP contribution in [0.25, 0.3) is 0 Å². The Hall–Kier alpha value is -0.883. The van der Waals surface area contributed by atoms with E-state index in [1.54, 1.807) is 0 Å². The smallest absolute Gasteiger partial charge is 0.305 e. The van der Waals surface area contributed by atoms with Crippen molar-refractivity contribution < 1.29 is 23.5 Å². The molecule has 0 aromatic carbocycles. The van der Waals surface area contributed by atoms with Gasteiger partial charge in [0, 0.05) is 18.4 Å². The third-order valence-corrected chi connectivity index (χ3v) is 9.52. The highest BCUT2D eigenvalue weighted by Gasteiger charge is 2.16. The molecule has 0 N–H and O–H groups in total. The molecule has 1 heterocycles. The fraction of sp³-hybridized carbons (Fsp3) is 0.938. The number of hydrogen-bond acceptors (Lipinski definition) is 5. The van der Waals surface area contributed by atoms with Crippen LogP contribution in [-0.4, -0.2) is 40.5 Å². The van der Waals surface area contributed by atoms with Crippen molar-refractivity contribution >= 4 is 21.7 Å². The Kier molecular flexibility index (Phi) is 23.2. The molecule has 38 heavy (non-hydrogen) atoms. The number of cyclic esters (lactones) is 2. The Bertz CT molecular complexity index is 566. The molecule has 0 unspecified atom stereocenters. The van der Waals surface area contributed by atoms with Gasteiger partial charge in [-0.1, -0.05) is 109 Å². The standard InChI is InChI=1S/C32H62O5Si/c1-32(2)26-20-14-10-6-5-8-12-16-22-28-36-31(34)25-19-18-24-30(33)35-27-21-15-11-7-3-4-9-13-17-23-29-38-37-32/h3-29,38H2,1-2H3. The second-order valence-corrected chi connectivity index (χ2v) is 13.5. The van der Waals surface area contributed by atoms with E-state index in [4.69, 9.17) is 13.9 Å². The molecule has 1 aliphatic heterocycles. The minimum Gasteiger partial charge on any atom is -0.466 e. The summed E-state index contributed by atoms with van der Waals surface area (Å²) in [4.78, 5) is 23.7. The van der Waals surface area contributed by atoms with E-state index >= 15 is 0 Å². The predicted octanol–water partition coefficient (Wildman–Crippen LogP) is 8.75. The largest absolute Gasteiger partial charge is 0.466 e. The molecule has 0 atom stereocenters. The zero-order valence-electron chi connectivity index (χ0n) is 25.3. The summed E-state index contributed by atoms with van der Waals surface area (Å²) in [6.07, 6.45) is 27.3. The molecule has 0 amide bonds. The third-order valence-electron chi connectivity index (χ3n) is 7.74. The molecule has 1 fully saturated rings. The second-order valence-electron chi connectivity index (χ2n) is 12.1. The Morgan fingerprint density at radius 3 is 1.32 bits per heavy atom. The van der Waals surface area contributed by atoms with Gasteiger partial charge in [0.15, 0.2) is 9.76 Å². The summed E-state index contributed by atoms with van der Waals surface area (Å²) in [6, 6.07) is 1.33. The van der Waals surface area contributed by atoms with E-state index in [9.17, 15) is 9.59 Å². The maximum absolute atomic E-state index is 11.9. The Balaban J connectivity index is 2.21. The summed E-state index contributed by atoms with van der Waals surface area (Å²) in [6.45, 7) is 5.64. The molecule has 0 saturated carbocycles. The van der Waals surface area contributed by atoms with Crippen molar-refractivity contribution in [1.29, 1.82) is 0 Å². The Morgan fingerprint density at radius 1 is 0.500 bits per heavy atom. The van der Waals surface area contributed by atoms with Crippen molar-refractivity contribution in [3.8, 4) is 0 Å². The molecule has 1 aliphatic rings. The van der Waals surface area contributed by atoms with Crippen molar-refractivity contribution in [2.45, 2.75) is 180 Å². The number of rotatable bonds is 0. The van der Waals surface area contributed by atoms with Gasteiger partial charge in [-0.05, 0) is 52.0 Å². The van der Waals surface area contributed by atoms with Crippen LogP contribution in [0.4, 0.5) is 0 Å². The SMILES string of the molecule is CC1(C)CCCCCCCCCCCOC(=O)CCCCC(=O)OCCCCCCCCCCCC[SiH2]O1. The van der Waals surface area contributed by atoms with Crippen molar-refractivity contribution in [2.24, 2.45) is 0 Å². The zero-order chi connectivity index (χ0) is 27.6. The molecule has 0 aromatic rings. The monoisotopic (exact) mass is 554 g/mol. The average molecular weight is 555 g/mol. The van der Waals surface area contributed by atoms with E-state index in [0.717, 1.165) is 25.7 Å². The van der Waals surface area contributed by atoms with Gasteiger partial charge >= 0.3 is 11.9 Å². The van der Waals surface area contributed by atoms with Gasteiger partial charge in [-0.15, -0.1) is 0 Å². The first-order valence-corrected chi connectivity index (χ1v) is 18.0. The predicted molar refractivity (Wildman–Crippen MR) is 161 cm³/mol. The molecule has 0 aromatic heterocycles. The van der Waals surface area contributed by atoms with Crippen molar-refractivity contribution in [2.75, 3.05) is 13.2 Å². The number of esters is 2. The van der Waals surface area contributed by atoms with E-state index in [1.807, 2.05) is 0 Å². The first-order chi connectivity index (χ1) is 18.5. The Morgan fingerprint density at radius 2 is 0.868 bits per heavy atom. The van der Waals surface area contributed by atoms with Gasteiger partial charge in [-0.3, -0.25) is 9.59 Å². The lowest BCUT2D eigenvalue weighted by Crippen LogP contribution is -2.26. The molecule has 224 valence electrons. The number of ether oxygens (including phenoxy) is 2. The molecule has 0 radical (unpaired) electrons. The molecule has 1 saturated heterocycles. The fourth-order valence-electron chi connectivity index (χ4n) is 5.16. The van der Waals surface area contributed by atoms with Gasteiger partial charge in [0.1, 0.15) is 0 Å². The Labute approximate surface area is 237 Å². The normalized spacial score (nSPS) is 24.5. The molecular weight excluding hydrogens is 492 g/mol. The van der Waals surface area contributed by atoms with Crippen molar-refractivity contribution in [3.63, 3.8) is 0 Å². The third kappa shape index (κ3) is 24.2. The highest BCUT2D eigenvalue weighted by Crippen LogP contribution is 2.20. The molecule has 0 spiro atoms. The average Bonchev–Trinajstić information content (AvgIpc) is 2.89. The molecule has 1 rings (SSSR count). The van der Waals surface area contributed by atoms with Gasteiger partial charge in [0.2, 0.25) is 0 Å². The number of carbonyl (C=O) groups is 2. The minimum absolute atomic E-state index is 0.0777. The highest BCUT2D eigenvalue weighted by atomic mass is 28.2. The van der Waals surface area contributed by atoms with Crippen molar-refractivity contribution in [3.05, 3.63) is 0 Å². The lowest BCUT2D eigenvalue weighted by molar-refractivity contribution is -0.146. The summed E-state index contributed by atoms with van der Waals surface area (Å²) in [5.74, 6) is -0.264. The van der Waals surface area contributed by atoms with Gasteiger partial charge in [0.05, 0.1) is 13.2 Å². The molecule has 5 nitrogen and oxygen atoms in total. The highest BCUT2D eigenvalue weighted by molar-refractivity contribution is 6.27. The van der Waals surface area contributed by atoms with Crippen LogP contribution in [0, 0.1) is 0 Å². The number of carbonyl (C=O) groups excluding carboxylic acids is 2. The van der Waals surface area contributed by atoms with Crippen LogP contribution >= 0.6 is 0 Å². The summed E-state index contributed by atoms with van der Waals surface area (Å²) in [5, 5.41) is 0. The zero-order valence-corrected chi connectivity index (χ0v) is 26.8. The van der Waals surface area contributed by atoms with Gasteiger partial charge < -0.3 is 13.9 Å². The summed E-state index contributed by atoms with van der Waals surface area (Å²) < 4.78 is 17.0. The first kappa shape index (κ1) is 35.1. The molecule has 6 heteroatoms. The van der Waals surface area contributed by atoms with Gasteiger partial charge in [-0.25, -0.2) is 0 Å². The van der Waals surface area contributed by atoms with Gasteiger partial charge in [-0.2, -0.15) is 0 Å². The maximum atomic E-state index is 11.9.